The van der Waals surface area contributed by atoms with Crippen molar-refractivity contribution in [2.75, 3.05) is 20.1 Å². The summed E-state index contributed by atoms with van der Waals surface area (Å²) < 4.78 is 0. The number of amides is 2. The summed E-state index contributed by atoms with van der Waals surface area (Å²) in [5.74, 6) is -1.05. The van der Waals surface area contributed by atoms with E-state index in [2.05, 4.69) is 10.3 Å². The van der Waals surface area contributed by atoms with Crippen LogP contribution in [0.15, 0.2) is 12.3 Å². The molecule has 108 valence electrons. The topological polar surface area (TPSA) is 105 Å². The Morgan fingerprint density at radius 2 is 2.20 bits per heavy atom. The summed E-state index contributed by atoms with van der Waals surface area (Å²) in [4.78, 5) is 38.4. The second-order valence-electron chi connectivity index (χ2n) is 3.85. The van der Waals surface area contributed by atoms with Crippen LogP contribution in [0.3, 0.4) is 0 Å². The molecule has 0 aliphatic heterocycles. The predicted molar refractivity (Wildman–Crippen MR) is 71.5 cm³/mol. The Labute approximate surface area is 119 Å². The maximum Gasteiger partial charge on any atom is 0.319 e. The first-order valence-electron chi connectivity index (χ1n) is 5.69. The third-order valence-corrected chi connectivity index (χ3v) is 2.88. The van der Waals surface area contributed by atoms with E-state index in [1.165, 1.54) is 17.2 Å². The molecule has 1 N–H and O–H groups in total. The van der Waals surface area contributed by atoms with Crippen molar-refractivity contribution in [3.8, 4) is 0 Å². The number of carbonyl (C=O) groups is 2. The van der Waals surface area contributed by atoms with Gasteiger partial charge < -0.3 is 10.2 Å². The third kappa shape index (κ3) is 3.64. The minimum atomic E-state index is -0.787. The number of rotatable bonds is 5. The Hall–Kier alpha value is -2.22. The first-order valence-corrected chi connectivity index (χ1v) is 6.07. The van der Waals surface area contributed by atoms with Crippen LogP contribution in [-0.4, -0.2) is 46.8 Å². The summed E-state index contributed by atoms with van der Waals surface area (Å²) in [6.07, 6.45) is 1.18. The van der Waals surface area contributed by atoms with Crippen molar-refractivity contribution in [1.82, 2.24) is 15.2 Å². The molecule has 0 fully saturated rings. The molecule has 1 heterocycles. The molecule has 20 heavy (non-hydrogen) atoms. The highest BCUT2D eigenvalue weighted by molar-refractivity contribution is 6.32. The average molecular weight is 301 g/mol. The molecule has 1 rings (SSSR count). The van der Waals surface area contributed by atoms with E-state index in [1.54, 1.807) is 14.0 Å². The highest BCUT2D eigenvalue weighted by Gasteiger charge is 2.25. The zero-order valence-corrected chi connectivity index (χ0v) is 11.7. The van der Waals surface area contributed by atoms with Crippen molar-refractivity contribution < 1.29 is 14.5 Å². The van der Waals surface area contributed by atoms with Gasteiger partial charge in [0.05, 0.1) is 11.5 Å². The molecule has 0 aliphatic carbocycles. The lowest BCUT2D eigenvalue weighted by Gasteiger charge is -2.14. The fraction of sp³-hybridized carbons (Fsp3) is 0.364. The third-order valence-electron chi connectivity index (χ3n) is 2.61. The van der Waals surface area contributed by atoms with E-state index in [1.807, 2.05) is 0 Å². The minimum absolute atomic E-state index is 0.234. The highest BCUT2D eigenvalue weighted by atomic mass is 35.5. The molecule has 0 saturated heterocycles. The van der Waals surface area contributed by atoms with Crippen molar-refractivity contribution in [2.24, 2.45) is 0 Å². The summed E-state index contributed by atoms with van der Waals surface area (Å²) in [6.45, 7) is 2.03. The van der Waals surface area contributed by atoms with Crippen molar-refractivity contribution >= 4 is 29.1 Å². The highest BCUT2D eigenvalue weighted by Crippen LogP contribution is 2.25. The van der Waals surface area contributed by atoms with Crippen LogP contribution in [0, 0.1) is 10.1 Å². The van der Waals surface area contributed by atoms with E-state index in [0.29, 0.717) is 6.54 Å². The Morgan fingerprint density at radius 1 is 1.55 bits per heavy atom. The van der Waals surface area contributed by atoms with Gasteiger partial charge in [0, 0.05) is 19.8 Å². The molecular formula is C11H13ClN4O4. The number of hydrogen-bond donors (Lipinski definition) is 1. The van der Waals surface area contributed by atoms with Crippen molar-refractivity contribution in [2.45, 2.75) is 6.92 Å². The van der Waals surface area contributed by atoms with Gasteiger partial charge in [-0.1, -0.05) is 11.6 Å². The molecule has 2 amide bonds. The van der Waals surface area contributed by atoms with Crippen LogP contribution >= 0.6 is 11.6 Å². The number of nitrogens with one attached hydrogen (secondary N) is 1. The standard InChI is InChI=1S/C11H13ClN4O4/c1-3-15(2)8(17)6-14-11(18)7-4-5-13-10(12)9(7)16(19)20/h4-5H,3,6H2,1-2H3,(H,14,18). The van der Waals surface area contributed by atoms with Crippen LogP contribution in [-0.2, 0) is 4.79 Å². The van der Waals surface area contributed by atoms with Gasteiger partial charge in [0.15, 0.2) is 0 Å². The van der Waals surface area contributed by atoms with Gasteiger partial charge >= 0.3 is 5.69 Å². The minimum Gasteiger partial charge on any atom is -0.345 e. The molecule has 0 aliphatic rings. The Kier molecular flexibility index (Phi) is 5.39. The average Bonchev–Trinajstić information content (AvgIpc) is 2.42. The predicted octanol–water partition coefficient (Wildman–Crippen LogP) is 0.851. The molecule has 1 aromatic heterocycles. The largest absolute Gasteiger partial charge is 0.345 e. The molecule has 8 nitrogen and oxygen atoms in total. The van der Waals surface area contributed by atoms with Gasteiger partial charge in [-0.05, 0) is 13.0 Å². The van der Waals surface area contributed by atoms with Gasteiger partial charge in [-0.15, -0.1) is 0 Å². The Morgan fingerprint density at radius 3 is 2.75 bits per heavy atom. The summed E-state index contributed by atoms with van der Waals surface area (Å²) >= 11 is 5.60. The molecule has 0 unspecified atom stereocenters. The summed E-state index contributed by atoms with van der Waals surface area (Å²) in [6, 6.07) is 1.17. The second kappa shape index (κ2) is 6.80. The summed E-state index contributed by atoms with van der Waals surface area (Å²) in [5, 5.41) is 12.8. The van der Waals surface area contributed by atoms with Crippen LogP contribution in [0.4, 0.5) is 5.69 Å². The first kappa shape index (κ1) is 15.8. The Balaban J connectivity index is 2.86. The second-order valence-corrected chi connectivity index (χ2v) is 4.20. The van der Waals surface area contributed by atoms with Crippen LogP contribution in [0.25, 0.3) is 0 Å². The SMILES string of the molecule is CCN(C)C(=O)CNC(=O)c1ccnc(Cl)c1[N+](=O)[O-]. The number of nitro groups is 1. The van der Waals surface area contributed by atoms with Crippen molar-refractivity contribution in [3.05, 3.63) is 33.1 Å². The lowest BCUT2D eigenvalue weighted by Crippen LogP contribution is -2.38. The quantitative estimate of drug-likeness (QED) is 0.493. The number of carbonyl (C=O) groups excluding carboxylic acids is 2. The van der Waals surface area contributed by atoms with Gasteiger partial charge in [0.1, 0.15) is 5.56 Å². The number of aromatic nitrogens is 1. The molecular weight excluding hydrogens is 288 g/mol. The number of hydrogen-bond acceptors (Lipinski definition) is 5. The van der Waals surface area contributed by atoms with E-state index >= 15 is 0 Å². The van der Waals surface area contributed by atoms with Gasteiger partial charge in [-0.25, -0.2) is 4.98 Å². The number of nitrogens with zero attached hydrogens (tertiary/aromatic N) is 3. The van der Waals surface area contributed by atoms with Crippen molar-refractivity contribution in [1.29, 1.82) is 0 Å². The lowest BCUT2D eigenvalue weighted by molar-refractivity contribution is -0.385. The van der Waals surface area contributed by atoms with Crippen molar-refractivity contribution in [3.63, 3.8) is 0 Å². The first-order chi connectivity index (χ1) is 9.38. The van der Waals surface area contributed by atoms with Gasteiger partial charge in [0.2, 0.25) is 11.1 Å². The zero-order chi connectivity index (χ0) is 15.3. The molecule has 0 saturated carbocycles. The molecule has 0 atom stereocenters. The lowest BCUT2D eigenvalue weighted by atomic mass is 10.2. The van der Waals surface area contributed by atoms with E-state index in [0.717, 1.165) is 0 Å². The molecule has 9 heteroatoms. The van der Waals surface area contributed by atoms with Gasteiger partial charge in [-0.3, -0.25) is 19.7 Å². The molecule has 0 radical (unpaired) electrons. The van der Waals surface area contributed by atoms with Crippen LogP contribution in [0.1, 0.15) is 17.3 Å². The van der Waals surface area contributed by atoms with Crippen LogP contribution < -0.4 is 5.32 Å². The number of likely N-dealkylation sites (N-methyl/N-ethyl adjacent to an activating group) is 1. The fourth-order valence-corrected chi connectivity index (χ4v) is 1.57. The number of halogens is 1. The van der Waals surface area contributed by atoms with E-state index in [-0.39, 0.29) is 23.2 Å². The molecule has 0 aromatic carbocycles. The number of pyridine rings is 1. The van der Waals surface area contributed by atoms with Crippen LogP contribution in [0.2, 0.25) is 5.15 Å². The monoisotopic (exact) mass is 300 g/mol. The molecule has 0 spiro atoms. The van der Waals surface area contributed by atoms with E-state index in [4.69, 9.17) is 11.6 Å². The summed E-state index contributed by atoms with van der Waals surface area (Å²) in [5.41, 5.74) is -0.815. The maximum atomic E-state index is 11.9. The van der Waals surface area contributed by atoms with E-state index in [9.17, 15) is 19.7 Å². The Bertz CT molecular complexity index is 549. The normalized spacial score (nSPS) is 9.95. The fourth-order valence-electron chi connectivity index (χ4n) is 1.35. The molecule has 0 bridgehead atoms. The maximum absolute atomic E-state index is 11.9. The smallest absolute Gasteiger partial charge is 0.319 e. The van der Waals surface area contributed by atoms with Gasteiger partial charge in [-0.2, -0.15) is 0 Å². The summed E-state index contributed by atoms with van der Waals surface area (Å²) in [7, 11) is 1.58. The zero-order valence-electron chi connectivity index (χ0n) is 10.9. The van der Waals surface area contributed by atoms with E-state index < -0.39 is 16.5 Å². The van der Waals surface area contributed by atoms with Crippen LogP contribution in [0.5, 0.6) is 0 Å². The molecule has 1 aromatic rings. The van der Waals surface area contributed by atoms with Gasteiger partial charge in [0.25, 0.3) is 5.91 Å².